The number of carbonyl (C=O) groups is 1. The molecule has 0 fully saturated rings. The molecule has 0 heterocycles. The van der Waals surface area contributed by atoms with Gasteiger partial charge < -0.3 is 19.3 Å². The second-order valence-electron chi connectivity index (χ2n) is 7.67. The second-order valence-corrected chi connectivity index (χ2v) is 7.67. The molecule has 1 N–H and O–H groups in total. The maximum absolute atomic E-state index is 13.4. The summed E-state index contributed by atoms with van der Waals surface area (Å²) in [5.41, 5.74) is 0.719. The summed E-state index contributed by atoms with van der Waals surface area (Å²) in [7, 11) is 1.68. The van der Waals surface area contributed by atoms with Crippen molar-refractivity contribution in [1.82, 2.24) is 4.90 Å². The van der Waals surface area contributed by atoms with Gasteiger partial charge in [0.2, 0.25) is 0 Å². The van der Waals surface area contributed by atoms with Crippen LogP contribution in [0.2, 0.25) is 0 Å². The summed E-state index contributed by atoms with van der Waals surface area (Å²) < 4.78 is 66.2. The van der Waals surface area contributed by atoms with Gasteiger partial charge in [0.15, 0.2) is 0 Å². The van der Waals surface area contributed by atoms with E-state index < -0.39 is 24.2 Å². The first-order valence-electron chi connectivity index (χ1n) is 10.5. The smallest absolute Gasteiger partial charge is 0.486 e. The van der Waals surface area contributed by atoms with Crippen LogP contribution in [-0.2, 0) is 4.79 Å². The average molecular weight is 493 g/mol. The first kappa shape index (κ1) is 25.8. The van der Waals surface area contributed by atoms with Gasteiger partial charge in [-0.3, -0.25) is 9.69 Å². The minimum Gasteiger partial charge on any atom is -0.486 e. The number of hydrogen-bond acceptors (Lipinski definition) is 5. The molecule has 0 aliphatic rings. The number of ether oxygens (including phenoxy) is 3. The summed E-state index contributed by atoms with van der Waals surface area (Å²) in [5.74, 6) is -0.738. The molecular weight excluding hydrogens is 470 g/mol. The Balaban J connectivity index is 1.68. The van der Waals surface area contributed by atoms with Crippen molar-refractivity contribution in [3.63, 3.8) is 0 Å². The lowest BCUT2D eigenvalue weighted by Gasteiger charge is -2.22. The van der Waals surface area contributed by atoms with Crippen LogP contribution in [0.3, 0.4) is 0 Å². The summed E-state index contributed by atoms with van der Waals surface area (Å²) in [6, 6.07) is 17.4. The Kier molecular flexibility index (Phi) is 8.53. The molecular formula is C25H23F4NO5. The summed E-state index contributed by atoms with van der Waals surface area (Å²) >= 11 is 0. The number of halogens is 4. The van der Waals surface area contributed by atoms with Gasteiger partial charge in [0.25, 0.3) is 0 Å². The molecule has 0 aliphatic carbocycles. The Morgan fingerprint density at radius 1 is 0.943 bits per heavy atom. The number of carboxylic acid groups (broad SMARTS) is 1. The Bertz CT molecular complexity index is 1100. The molecule has 1 unspecified atom stereocenters. The Hall–Kier alpha value is -3.79. The van der Waals surface area contributed by atoms with E-state index in [1.54, 1.807) is 48.3 Å². The lowest BCUT2D eigenvalue weighted by molar-refractivity contribution is -0.274. The van der Waals surface area contributed by atoms with Crippen LogP contribution in [0.5, 0.6) is 23.0 Å². The summed E-state index contributed by atoms with van der Waals surface area (Å²) in [6.45, 7) is 0.295. The number of carboxylic acids is 1. The molecule has 186 valence electrons. The van der Waals surface area contributed by atoms with Crippen molar-refractivity contribution in [1.29, 1.82) is 0 Å². The number of nitrogens with zero attached hydrogens (tertiary/aromatic N) is 1. The van der Waals surface area contributed by atoms with Crippen LogP contribution in [0.4, 0.5) is 17.6 Å². The van der Waals surface area contributed by atoms with Crippen molar-refractivity contribution >= 4 is 5.97 Å². The molecule has 0 saturated carbocycles. The predicted molar refractivity (Wildman–Crippen MR) is 119 cm³/mol. The van der Waals surface area contributed by atoms with Gasteiger partial charge in [-0.1, -0.05) is 18.2 Å². The fraction of sp³-hybridized carbons (Fsp3) is 0.240. The van der Waals surface area contributed by atoms with E-state index in [1.165, 1.54) is 30.3 Å². The van der Waals surface area contributed by atoms with Gasteiger partial charge in [-0.25, -0.2) is 4.39 Å². The molecule has 0 saturated heterocycles. The third-order valence-electron chi connectivity index (χ3n) is 4.80. The highest BCUT2D eigenvalue weighted by molar-refractivity contribution is 5.69. The SMILES string of the molecule is CN(CCC(Oc1ccc(Oc2cccc(OC(F)(F)F)c2)cc1)c1ccc(F)cc1)CC(=O)O. The van der Waals surface area contributed by atoms with Crippen LogP contribution in [0.25, 0.3) is 0 Å². The van der Waals surface area contributed by atoms with E-state index in [0.29, 0.717) is 24.5 Å². The number of benzene rings is 3. The molecule has 0 spiro atoms. The summed E-state index contributed by atoms with van der Waals surface area (Å²) in [6.07, 6.45) is -4.84. The van der Waals surface area contributed by atoms with Crippen molar-refractivity contribution in [2.75, 3.05) is 20.1 Å². The molecule has 1 atom stereocenters. The van der Waals surface area contributed by atoms with Crippen LogP contribution < -0.4 is 14.2 Å². The number of alkyl halides is 3. The van der Waals surface area contributed by atoms with Crippen molar-refractivity contribution in [3.8, 4) is 23.0 Å². The fourth-order valence-corrected chi connectivity index (χ4v) is 3.24. The number of hydrogen-bond donors (Lipinski definition) is 1. The lowest BCUT2D eigenvalue weighted by Crippen LogP contribution is -2.28. The zero-order valence-electron chi connectivity index (χ0n) is 18.7. The van der Waals surface area contributed by atoms with Crippen molar-refractivity contribution < 1.29 is 41.7 Å². The van der Waals surface area contributed by atoms with Crippen molar-refractivity contribution in [2.45, 2.75) is 18.9 Å². The van der Waals surface area contributed by atoms with Crippen LogP contribution in [0.1, 0.15) is 18.1 Å². The predicted octanol–water partition coefficient (Wildman–Crippen LogP) is 6.04. The second kappa shape index (κ2) is 11.6. The van der Waals surface area contributed by atoms with E-state index in [-0.39, 0.29) is 18.1 Å². The third kappa shape index (κ3) is 8.82. The van der Waals surface area contributed by atoms with E-state index in [4.69, 9.17) is 14.6 Å². The standard InChI is InChI=1S/C25H23F4NO5/c1-30(16-24(31)32)14-13-23(17-5-7-18(26)8-6-17)34-20-11-9-19(10-12-20)33-21-3-2-4-22(15-21)35-25(27,28)29/h2-12,15,23H,13-14,16H2,1H3,(H,31,32). The molecule has 0 bridgehead atoms. The minimum absolute atomic E-state index is 0.128. The van der Waals surface area contributed by atoms with E-state index >= 15 is 0 Å². The van der Waals surface area contributed by atoms with Gasteiger partial charge in [-0.2, -0.15) is 0 Å². The van der Waals surface area contributed by atoms with Gasteiger partial charge >= 0.3 is 12.3 Å². The maximum atomic E-state index is 13.4. The quantitative estimate of drug-likeness (QED) is 0.329. The monoisotopic (exact) mass is 493 g/mol. The first-order chi connectivity index (χ1) is 16.6. The Morgan fingerprint density at radius 3 is 2.20 bits per heavy atom. The first-order valence-corrected chi connectivity index (χ1v) is 10.5. The average Bonchev–Trinajstić information content (AvgIpc) is 2.77. The molecule has 0 radical (unpaired) electrons. The van der Waals surface area contributed by atoms with Crippen LogP contribution in [0, 0.1) is 5.82 Å². The van der Waals surface area contributed by atoms with E-state index in [0.717, 1.165) is 11.6 Å². The number of aliphatic carboxylic acids is 1. The van der Waals surface area contributed by atoms with Gasteiger partial charge in [0.05, 0.1) is 6.54 Å². The maximum Gasteiger partial charge on any atom is 0.573 e. The van der Waals surface area contributed by atoms with Crippen molar-refractivity contribution in [3.05, 3.63) is 84.2 Å². The van der Waals surface area contributed by atoms with E-state index in [2.05, 4.69) is 4.74 Å². The zero-order valence-corrected chi connectivity index (χ0v) is 18.7. The van der Waals surface area contributed by atoms with Gasteiger partial charge in [0, 0.05) is 19.0 Å². The van der Waals surface area contributed by atoms with Gasteiger partial charge in [0.1, 0.15) is 34.9 Å². The third-order valence-corrected chi connectivity index (χ3v) is 4.80. The van der Waals surface area contributed by atoms with Crippen LogP contribution in [0.15, 0.2) is 72.8 Å². The van der Waals surface area contributed by atoms with Crippen LogP contribution in [-0.4, -0.2) is 42.5 Å². The minimum atomic E-state index is -4.80. The number of rotatable bonds is 11. The Morgan fingerprint density at radius 2 is 1.57 bits per heavy atom. The fourth-order valence-electron chi connectivity index (χ4n) is 3.24. The molecule has 3 aromatic carbocycles. The van der Waals surface area contributed by atoms with Crippen LogP contribution >= 0.6 is 0 Å². The Labute approximate surface area is 199 Å². The van der Waals surface area contributed by atoms with Crippen molar-refractivity contribution in [2.24, 2.45) is 0 Å². The largest absolute Gasteiger partial charge is 0.573 e. The number of likely N-dealkylation sites (N-methyl/N-ethyl adjacent to an activating group) is 1. The molecule has 35 heavy (non-hydrogen) atoms. The molecule has 10 heteroatoms. The molecule has 3 rings (SSSR count). The van der Waals surface area contributed by atoms with E-state index in [9.17, 15) is 22.4 Å². The highest BCUT2D eigenvalue weighted by Gasteiger charge is 2.31. The topological polar surface area (TPSA) is 68.2 Å². The highest BCUT2D eigenvalue weighted by Crippen LogP contribution is 2.31. The zero-order chi connectivity index (χ0) is 25.4. The summed E-state index contributed by atoms with van der Waals surface area (Å²) in [4.78, 5) is 12.5. The molecule has 0 aliphatic heterocycles. The normalized spacial score (nSPS) is 12.3. The van der Waals surface area contributed by atoms with Gasteiger partial charge in [-0.15, -0.1) is 13.2 Å². The molecule has 3 aromatic rings. The highest BCUT2D eigenvalue weighted by atomic mass is 19.4. The lowest BCUT2D eigenvalue weighted by atomic mass is 10.1. The summed E-state index contributed by atoms with van der Waals surface area (Å²) in [5, 5.41) is 8.95. The molecule has 6 nitrogen and oxygen atoms in total. The van der Waals surface area contributed by atoms with Gasteiger partial charge in [-0.05, 0) is 61.1 Å². The molecule has 0 aromatic heterocycles. The van der Waals surface area contributed by atoms with E-state index in [1.807, 2.05) is 0 Å². The molecule has 0 amide bonds.